The van der Waals surface area contributed by atoms with Crippen molar-refractivity contribution >= 4 is 23.2 Å². The number of carbonyl (C=O) groups excluding carboxylic acids is 1. The molecule has 0 saturated heterocycles. The van der Waals surface area contributed by atoms with Crippen LogP contribution in [0.5, 0.6) is 0 Å². The fraction of sp³-hybridized carbons (Fsp3) is 0.353. The number of hydrogen-bond donors (Lipinski definition) is 2. The highest BCUT2D eigenvalue weighted by Gasteiger charge is 2.23. The average Bonchev–Trinajstić information content (AvgIpc) is 2.91. The zero-order chi connectivity index (χ0) is 17.0. The highest BCUT2D eigenvalue weighted by Crippen LogP contribution is 2.18. The normalized spacial score (nSPS) is 12.0. The number of nitrogens with one attached hydrogen (secondary N) is 1. The third-order valence-electron chi connectivity index (χ3n) is 3.37. The van der Waals surface area contributed by atoms with E-state index >= 15 is 0 Å². The van der Waals surface area contributed by atoms with Gasteiger partial charge in [-0.3, -0.25) is 4.79 Å². The molecule has 0 fully saturated rings. The highest BCUT2D eigenvalue weighted by atomic mass is 32.1. The van der Waals surface area contributed by atoms with Crippen LogP contribution in [0.1, 0.15) is 40.4 Å². The van der Waals surface area contributed by atoms with Gasteiger partial charge in [-0.25, -0.2) is 9.78 Å². The number of amides is 1. The third kappa shape index (κ3) is 4.63. The molecule has 1 amide bonds. The van der Waals surface area contributed by atoms with Gasteiger partial charge in [-0.1, -0.05) is 36.2 Å². The fourth-order valence-corrected chi connectivity index (χ4v) is 3.18. The number of rotatable bonds is 6. The Bertz CT molecular complexity index is 704. The van der Waals surface area contributed by atoms with Crippen LogP contribution in [0.2, 0.25) is 0 Å². The second-order valence-corrected chi connectivity index (χ2v) is 6.47. The minimum Gasteiger partial charge on any atom is -0.479 e. The predicted molar refractivity (Wildman–Crippen MR) is 89.6 cm³/mol. The van der Waals surface area contributed by atoms with Crippen molar-refractivity contribution in [3.8, 4) is 0 Å². The summed E-state index contributed by atoms with van der Waals surface area (Å²) in [5.41, 5.74) is 3.19. The summed E-state index contributed by atoms with van der Waals surface area (Å²) in [7, 11) is 0. The first kappa shape index (κ1) is 17.1. The molecule has 1 aromatic carbocycles. The highest BCUT2D eigenvalue weighted by molar-refractivity contribution is 7.09. The summed E-state index contributed by atoms with van der Waals surface area (Å²) in [6.45, 7) is 5.81. The Morgan fingerprint density at radius 3 is 2.43 bits per heavy atom. The quantitative estimate of drug-likeness (QED) is 0.852. The Balaban J connectivity index is 2.12. The second-order valence-electron chi connectivity index (χ2n) is 5.52. The molecular weight excluding hydrogens is 312 g/mol. The molecule has 1 unspecified atom stereocenters. The first-order valence-electron chi connectivity index (χ1n) is 7.42. The lowest BCUT2D eigenvalue weighted by Crippen LogP contribution is -2.34. The van der Waals surface area contributed by atoms with Crippen LogP contribution in [-0.4, -0.2) is 22.0 Å². The molecular formula is C17H20N2O3S. The van der Waals surface area contributed by atoms with Crippen LogP contribution in [0.4, 0.5) is 0 Å². The molecule has 0 bridgehead atoms. The van der Waals surface area contributed by atoms with Crippen LogP contribution in [0.15, 0.2) is 23.6 Å². The van der Waals surface area contributed by atoms with E-state index < -0.39 is 12.0 Å². The van der Waals surface area contributed by atoms with Crippen molar-refractivity contribution in [1.82, 2.24) is 10.3 Å². The van der Waals surface area contributed by atoms with Gasteiger partial charge < -0.3 is 10.4 Å². The molecule has 122 valence electrons. The monoisotopic (exact) mass is 332 g/mol. The van der Waals surface area contributed by atoms with E-state index in [0.717, 1.165) is 22.6 Å². The van der Waals surface area contributed by atoms with Crippen molar-refractivity contribution in [1.29, 1.82) is 0 Å². The van der Waals surface area contributed by atoms with E-state index in [1.165, 1.54) is 11.3 Å². The van der Waals surface area contributed by atoms with Gasteiger partial charge in [0.15, 0.2) is 6.04 Å². The van der Waals surface area contributed by atoms with Gasteiger partial charge in [0.1, 0.15) is 0 Å². The van der Waals surface area contributed by atoms with Gasteiger partial charge >= 0.3 is 5.97 Å². The van der Waals surface area contributed by atoms with E-state index in [0.29, 0.717) is 11.3 Å². The predicted octanol–water partition coefficient (Wildman–Crippen LogP) is 2.81. The zero-order valence-corrected chi connectivity index (χ0v) is 14.2. The molecule has 0 spiro atoms. The van der Waals surface area contributed by atoms with Crippen molar-refractivity contribution in [3.05, 3.63) is 51.0 Å². The summed E-state index contributed by atoms with van der Waals surface area (Å²) < 4.78 is 0. The summed E-state index contributed by atoms with van der Waals surface area (Å²) in [6, 6.07) is 4.48. The number of thiazole rings is 1. The lowest BCUT2D eigenvalue weighted by Gasteiger charge is -2.16. The molecule has 5 nitrogen and oxygen atoms in total. The molecule has 0 radical (unpaired) electrons. The lowest BCUT2D eigenvalue weighted by molar-refractivity contribution is -0.142. The molecule has 1 heterocycles. The van der Waals surface area contributed by atoms with Gasteiger partial charge in [-0.2, -0.15) is 0 Å². The molecule has 2 rings (SSSR count). The number of carboxylic acid groups (broad SMARTS) is 1. The molecule has 1 atom stereocenters. The van der Waals surface area contributed by atoms with Crippen molar-refractivity contribution in [3.63, 3.8) is 0 Å². The maximum absolute atomic E-state index is 12.2. The Labute approximate surface area is 139 Å². The summed E-state index contributed by atoms with van der Waals surface area (Å²) in [4.78, 5) is 28.0. The molecule has 1 aromatic heterocycles. The molecule has 0 saturated carbocycles. The summed E-state index contributed by atoms with van der Waals surface area (Å²) >= 11 is 1.51. The summed E-state index contributed by atoms with van der Waals surface area (Å²) in [5, 5.41) is 14.8. The van der Waals surface area contributed by atoms with Crippen LogP contribution in [0.25, 0.3) is 0 Å². The van der Waals surface area contributed by atoms with Crippen LogP contribution < -0.4 is 5.32 Å². The van der Waals surface area contributed by atoms with Gasteiger partial charge in [-0.15, -0.1) is 11.3 Å². The van der Waals surface area contributed by atoms with Crippen molar-refractivity contribution in [2.24, 2.45) is 0 Å². The van der Waals surface area contributed by atoms with Gasteiger partial charge in [-0.05, 0) is 25.8 Å². The average molecular weight is 332 g/mol. The molecule has 6 heteroatoms. The van der Waals surface area contributed by atoms with Crippen molar-refractivity contribution in [2.45, 2.75) is 39.7 Å². The minimum absolute atomic E-state index is 0.0884. The summed E-state index contributed by atoms with van der Waals surface area (Å²) in [5.74, 6) is -1.42. The van der Waals surface area contributed by atoms with Crippen molar-refractivity contribution < 1.29 is 14.7 Å². The lowest BCUT2D eigenvalue weighted by atomic mass is 10.0. The number of nitrogens with zero attached hydrogens (tertiary/aromatic N) is 1. The van der Waals surface area contributed by atoms with Crippen LogP contribution in [-0.2, 0) is 22.4 Å². The van der Waals surface area contributed by atoms with Crippen LogP contribution >= 0.6 is 11.3 Å². The fourth-order valence-electron chi connectivity index (χ4n) is 2.43. The maximum atomic E-state index is 12.2. The number of carboxylic acids is 1. The van der Waals surface area contributed by atoms with E-state index in [4.69, 9.17) is 0 Å². The molecule has 0 aliphatic rings. The van der Waals surface area contributed by atoms with Gasteiger partial charge in [0, 0.05) is 5.38 Å². The molecule has 0 aliphatic heterocycles. The Morgan fingerprint density at radius 2 is 1.91 bits per heavy atom. The Kier molecular flexibility index (Phi) is 5.50. The zero-order valence-electron chi connectivity index (χ0n) is 13.4. The smallest absolute Gasteiger partial charge is 0.330 e. The largest absolute Gasteiger partial charge is 0.479 e. The molecule has 0 aliphatic carbocycles. The molecule has 2 aromatic rings. The van der Waals surface area contributed by atoms with Gasteiger partial charge in [0.25, 0.3) is 0 Å². The summed E-state index contributed by atoms with van der Waals surface area (Å²) in [6.07, 6.45) is 0.914. The number of carbonyl (C=O) groups is 2. The standard InChI is InChI=1S/C17H20N2O3S/c1-4-15-18-13(9-23-15)8-14(20)19-16(17(21)22)12-6-10(2)5-11(3)7-12/h5-7,9,16H,4,8H2,1-3H3,(H,19,20)(H,21,22). The SMILES string of the molecule is CCc1nc(CC(=O)NC(C(=O)O)c2cc(C)cc(C)c2)cs1. The number of hydrogen-bond acceptors (Lipinski definition) is 4. The topological polar surface area (TPSA) is 79.3 Å². The number of benzene rings is 1. The molecule has 23 heavy (non-hydrogen) atoms. The van der Waals surface area contributed by atoms with E-state index in [1.54, 1.807) is 12.1 Å². The van der Waals surface area contributed by atoms with E-state index in [2.05, 4.69) is 10.3 Å². The molecule has 2 N–H and O–H groups in total. The van der Waals surface area contributed by atoms with Crippen LogP contribution in [0, 0.1) is 13.8 Å². The van der Waals surface area contributed by atoms with E-state index in [9.17, 15) is 14.7 Å². The second kappa shape index (κ2) is 7.37. The third-order valence-corrected chi connectivity index (χ3v) is 4.42. The number of aliphatic carboxylic acids is 1. The Hall–Kier alpha value is -2.21. The van der Waals surface area contributed by atoms with E-state index in [1.807, 2.05) is 32.2 Å². The van der Waals surface area contributed by atoms with E-state index in [-0.39, 0.29) is 12.3 Å². The Morgan fingerprint density at radius 1 is 1.26 bits per heavy atom. The first-order chi connectivity index (χ1) is 10.9. The minimum atomic E-state index is -1.07. The number of aromatic nitrogens is 1. The first-order valence-corrected chi connectivity index (χ1v) is 8.30. The van der Waals surface area contributed by atoms with Crippen molar-refractivity contribution in [2.75, 3.05) is 0 Å². The van der Waals surface area contributed by atoms with Gasteiger partial charge in [0.2, 0.25) is 5.91 Å². The van der Waals surface area contributed by atoms with Gasteiger partial charge in [0.05, 0.1) is 17.1 Å². The van der Waals surface area contributed by atoms with Crippen LogP contribution in [0.3, 0.4) is 0 Å². The number of aryl methyl sites for hydroxylation is 3. The maximum Gasteiger partial charge on any atom is 0.330 e.